The molecule has 5 nitrogen and oxygen atoms in total. The number of nitrogens with zero attached hydrogens (tertiary/aromatic N) is 1. The molecule has 5 rings (SSSR count). The summed E-state index contributed by atoms with van der Waals surface area (Å²) in [6, 6.07) is 4.64. The second kappa shape index (κ2) is 4.87. The summed E-state index contributed by atoms with van der Waals surface area (Å²) >= 11 is 0. The molecular weight excluding hydrogens is 306 g/mol. The van der Waals surface area contributed by atoms with Crippen molar-refractivity contribution < 1.29 is 19.3 Å². The molecule has 1 aromatic carbocycles. The van der Waals surface area contributed by atoms with Gasteiger partial charge in [-0.2, -0.15) is 0 Å². The van der Waals surface area contributed by atoms with E-state index in [0.29, 0.717) is 18.4 Å². The molecule has 2 aliphatic carbocycles. The molecule has 2 fully saturated rings. The molecule has 1 aromatic rings. The molecule has 24 heavy (non-hydrogen) atoms. The number of likely N-dealkylation sites (tertiary alicyclic amines) is 1. The molecule has 0 amide bonds. The smallest absolute Gasteiger partial charge is 0.165 e. The Bertz CT molecular complexity index is 692. The Kier molecular flexibility index (Phi) is 3.04. The zero-order valence-corrected chi connectivity index (χ0v) is 14.5. The largest absolute Gasteiger partial charge is 0.493 e. The van der Waals surface area contributed by atoms with Crippen LogP contribution < -0.4 is 9.47 Å². The molecule has 1 saturated carbocycles. The summed E-state index contributed by atoms with van der Waals surface area (Å²) in [7, 11) is 5.69. The monoisotopic (exact) mass is 331 g/mol. The molecule has 2 aliphatic heterocycles. The summed E-state index contributed by atoms with van der Waals surface area (Å²) in [5.41, 5.74) is 2.50. The number of aliphatic hydroxyl groups excluding tert-OH is 1. The Morgan fingerprint density at radius 3 is 2.92 bits per heavy atom. The van der Waals surface area contributed by atoms with Gasteiger partial charge in [-0.3, -0.25) is 0 Å². The molecular formula is C19H25NO4. The van der Waals surface area contributed by atoms with E-state index in [1.807, 2.05) is 6.07 Å². The molecule has 5 heteroatoms. The van der Waals surface area contributed by atoms with Gasteiger partial charge >= 0.3 is 0 Å². The van der Waals surface area contributed by atoms with Crippen molar-refractivity contribution in [1.82, 2.24) is 4.90 Å². The second-order valence-electron chi connectivity index (χ2n) is 7.81. The van der Waals surface area contributed by atoms with Gasteiger partial charge in [0.25, 0.3) is 0 Å². The first-order valence-electron chi connectivity index (χ1n) is 8.90. The fourth-order valence-electron chi connectivity index (χ4n) is 6.13. The van der Waals surface area contributed by atoms with Gasteiger partial charge in [0.15, 0.2) is 11.5 Å². The average molecular weight is 331 g/mol. The van der Waals surface area contributed by atoms with Gasteiger partial charge in [0, 0.05) is 36.5 Å². The van der Waals surface area contributed by atoms with Crippen molar-refractivity contribution in [2.24, 2.45) is 5.92 Å². The minimum absolute atomic E-state index is 0.0675. The van der Waals surface area contributed by atoms with E-state index in [0.717, 1.165) is 30.9 Å². The highest BCUT2D eigenvalue weighted by Gasteiger charge is 2.68. The van der Waals surface area contributed by atoms with E-state index in [4.69, 9.17) is 14.2 Å². The minimum atomic E-state index is -0.502. The number of methoxy groups -OCH3 is 2. The first-order valence-corrected chi connectivity index (χ1v) is 8.90. The third-order valence-corrected chi connectivity index (χ3v) is 7.06. The lowest BCUT2D eigenvalue weighted by atomic mass is 9.50. The Morgan fingerprint density at radius 1 is 1.33 bits per heavy atom. The van der Waals surface area contributed by atoms with Crippen molar-refractivity contribution in [2.45, 2.75) is 49.0 Å². The van der Waals surface area contributed by atoms with Crippen molar-refractivity contribution >= 4 is 0 Å². The molecule has 4 aliphatic rings. The van der Waals surface area contributed by atoms with Gasteiger partial charge in [0.1, 0.15) is 6.10 Å². The van der Waals surface area contributed by atoms with Crippen LogP contribution in [0.25, 0.3) is 0 Å². The zero-order chi connectivity index (χ0) is 16.6. The number of rotatable bonds is 2. The molecule has 1 unspecified atom stereocenters. The number of hydrogen-bond acceptors (Lipinski definition) is 5. The van der Waals surface area contributed by atoms with Gasteiger partial charge in [0.05, 0.1) is 19.3 Å². The Morgan fingerprint density at radius 2 is 2.17 bits per heavy atom. The van der Waals surface area contributed by atoms with Crippen molar-refractivity contribution in [3.8, 4) is 11.5 Å². The Balaban J connectivity index is 1.79. The number of piperidine rings is 1. The van der Waals surface area contributed by atoms with E-state index in [1.54, 1.807) is 14.2 Å². The van der Waals surface area contributed by atoms with E-state index in [1.165, 1.54) is 11.1 Å². The van der Waals surface area contributed by atoms with Crippen molar-refractivity contribution in [2.75, 3.05) is 27.8 Å². The minimum Gasteiger partial charge on any atom is -0.493 e. The third kappa shape index (κ3) is 1.56. The predicted octanol–water partition coefficient (Wildman–Crippen LogP) is 1.35. The lowest BCUT2D eigenvalue weighted by molar-refractivity contribution is -0.159. The average Bonchev–Trinajstić information content (AvgIpc) is 2.94. The lowest BCUT2D eigenvalue weighted by Gasteiger charge is -2.60. The molecule has 0 radical (unpaired) electrons. The fourth-order valence-corrected chi connectivity index (χ4v) is 6.13. The highest BCUT2D eigenvalue weighted by Crippen LogP contribution is 2.64. The van der Waals surface area contributed by atoms with Gasteiger partial charge in [-0.25, -0.2) is 0 Å². The fraction of sp³-hybridized carbons (Fsp3) is 0.684. The standard InChI is InChI=1S/C19H25NO4/c1-20-7-6-19-15-10-4-5-13(22-2)17(15)24-18(19)12(21)9-14(23-3)16(19)11(20)8-10/h4-5,11-12,14,16,18,21H,6-9H2,1-3H3/t11-,12+,14-,16?,18+,19-/m1/s1. The highest BCUT2D eigenvalue weighted by molar-refractivity contribution is 5.61. The molecule has 1 N–H and O–H groups in total. The summed E-state index contributed by atoms with van der Waals surface area (Å²) in [4.78, 5) is 2.47. The van der Waals surface area contributed by atoms with Crippen LogP contribution in [-0.2, 0) is 16.6 Å². The second-order valence-corrected chi connectivity index (χ2v) is 7.81. The quantitative estimate of drug-likeness (QED) is 0.887. The van der Waals surface area contributed by atoms with Crippen LogP contribution in [-0.4, -0.2) is 62.2 Å². The molecule has 2 heterocycles. The summed E-state index contributed by atoms with van der Waals surface area (Å²) in [6.07, 6.45) is 2.04. The number of aliphatic hydroxyl groups is 1. The van der Waals surface area contributed by atoms with Crippen LogP contribution in [0.1, 0.15) is 24.0 Å². The van der Waals surface area contributed by atoms with Crippen molar-refractivity contribution in [1.29, 1.82) is 0 Å². The first kappa shape index (κ1) is 15.0. The lowest BCUT2D eigenvalue weighted by Crippen LogP contribution is -2.70. The highest BCUT2D eigenvalue weighted by atomic mass is 16.5. The number of benzene rings is 1. The van der Waals surface area contributed by atoms with Crippen LogP contribution in [0.15, 0.2) is 12.1 Å². The van der Waals surface area contributed by atoms with E-state index in [9.17, 15) is 5.11 Å². The summed E-state index contributed by atoms with van der Waals surface area (Å²) in [6.45, 7) is 1.03. The Hall–Kier alpha value is -1.30. The Labute approximate surface area is 142 Å². The normalized spacial score (nSPS) is 42.4. The van der Waals surface area contributed by atoms with Gasteiger partial charge in [-0.1, -0.05) is 6.07 Å². The number of hydrogen-bond donors (Lipinski definition) is 1. The van der Waals surface area contributed by atoms with Gasteiger partial charge in [-0.05, 0) is 38.1 Å². The van der Waals surface area contributed by atoms with Crippen LogP contribution in [0.2, 0.25) is 0 Å². The van der Waals surface area contributed by atoms with E-state index in [2.05, 4.69) is 18.0 Å². The molecule has 6 atom stereocenters. The third-order valence-electron chi connectivity index (χ3n) is 7.06. The number of likely N-dealkylation sites (N-methyl/N-ethyl adjacent to an activating group) is 1. The van der Waals surface area contributed by atoms with Crippen LogP contribution in [0.3, 0.4) is 0 Å². The summed E-state index contributed by atoms with van der Waals surface area (Å²) in [5.74, 6) is 2.01. The van der Waals surface area contributed by atoms with Gasteiger partial charge in [0.2, 0.25) is 0 Å². The van der Waals surface area contributed by atoms with Crippen LogP contribution >= 0.6 is 0 Å². The maximum absolute atomic E-state index is 10.9. The SMILES string of the molecule is COc1ccc2c3c1O[C@H]1[C@@H](O)C[C@@H](OC)C4[C@@H](C2)N(C)CC[C@@]341. The van der Waals surface area contributed by atoms with Crippen LogP contribution in [0, 0.1) is 5.92 Å². The molecule has 1 saturated heterocycles. The topological polar surface area (TPSA) is 51.2 Å². The van der Waals surface area contributed by atoms with E-state index in [-0.39, 0.29) is 17.6 Å². The maximum Gasteiger partial charge on any atom is 0.165 e. The van der Waals surface area contributed by atoms with Crippen LogP contribution in [0.5, 0.6) is 11.5 Å². The number of ether oxygens (including phenoxy) is 3. The van der Waals surface area contributed by atoms with Crippen molar-refractivity contribution in [3.05, 3.63) is 23.3 Å². The van der Waals surface area contributed by atoms with E-state index >= 15 is 0 Å². The van der Waals surface area contributed by atoms with E-state index < -0.39 is 6.10 Å². The van der Waals surface area contributed by atoms with Gasteiger partial charge in [-0.15, -0.1) is 0 Å². The van der Waals surface area contributed by atoms with Crippen molar-refractivity contribution in [3.63, 3.8) is 0 Å². The summed E-state index contributed by atoms with van der Waals surface area (Å²) < 4.78 is 17.8. The maximum atomic E-state index is 10.9. The molecule has 1 spiro atoms. The molecule has 0 aromatic heterocycles. The van der Waals surface area contributed by atoms with Crippen LogP contribution in [0.4, 0.5) is 0 Å². The molecule has 130 valence electrons. The first-order chi connectivity index (χ1) is 11.6. The molecule has 2 bridgehead atoms. The zero-order valence-electron chi connectivity index (χ0n) is 14.5. The predicted molar refractivity (Wildman–Crippen MR) is 88.7 cm³/mol. The van der Waals surface area contributed by atoms with Gasteiger partial charge < -0.3 is 24.2 Å². The summed E-state index contributed by atoms with van der Waals surface area (Å²) in [5, 5.41) is 10.9.